The third kappa shape index (κ3) is 4.25. The molecule has 10 heteroatoms. The minimum absolute atomic E-state index is 0.238. The largest absolute Gasteiger partial charge is 0.379 e. The first kappa shape index (κ1) is 20.6. The Morgan fingerprint density at radius 3 is 2.77 bits per heavy atom. The van der Waals surface area contributed by atoms with Gasteiger partial charge in [0.15, 0.2) is 15.5 Å². The van der Waals surface area contributed by atoms with E-state index in [1.165, 1.54) is 6.26 Å². The molecule has 2 aromatic heterocycles. The number of H-pyrrole nitrogens is 1. The summed E-state index contributed by atoms with van der Waals surface area (Å²) in [7, 11) is -1.60. The number of nitrogens with zero attached hydrogens (tertiary/aromatic N) is 3. The van der Waals surface area contributed by atoms with Gasteiger partial charge >= 0.3 is 0 Å². The van der Waals surface area contributed by atoms with Crippen molar-refractivity contribution in [3.63, 3.8) is 0 Å². The molecule has 3 heterocycles. The molecule has 0 atom stereocenters. The van der Waals surface area contributed by atoms with Gasteiger partial charge in [-0.3, -0.25) is 14.4 Å². The van der Waals surface area contributed by atoms with E-state index in [0.717, 1.165) is 32.8 Å². The molecular weight excluding hydrogens is 406 g/mol. The summed E-state index contributed by atoms with van der Waals surface area (Å²) >= 11 is 0. The second-order valence-electron chi connectivity index (χ2n) is 7.42. The van der Waals surface area contributed by atoms with Gasteiger partial charge in [0.1, 0.15) is 0 Å². The highest BCUT2D eigenvalue weighted by atomic mass is 32.2. The number of benzene rings is 1. The number of fused-ring (bicyclic) bond motifs is 1. The van der Waals surface area contributed by atoms with E-state index in [1.54, 1.807) is 36.0 Å². The van der Waals surface area contributed by atoms with Crippen LogP contribution in [0.5, 0.6) is 0 Å². The molecule has 0 aliphatic carbocycles. The molecule has 160 valence electrons. The van der Waals surface area contributed by atoms with Crippen LogP contribution in [0.4, 0.5) is 0 Å². The average molecular weight is 432 g/mol. The van der Waals surface area contributed by atoms with Crippen molar-refractivity contribution in [3.8, 4) is 11.4 Å². The number of morpholine rings is 1. The number of rotatable bonds is 6. The smallest absolute Gasteiger partial charge is 0.271 e. The molecule has 0 unspecified atom stereocenters. The van der Waals surface area contributed by atoms with Crippen LogP contribution in [0, 0.1) is 0 Å². The van der Waals surface area contributed by atoms with Crippen LogP contribution in [-0.4, -0.2) is 79.6 Å². The SMILES string of the molecule is Cn1nc(C(=O)NCCN2CCOCC2)cc1-c1cc2c(S(C)(=O)=O)cccc2[nH]1. The van der Waals surface area contributed by atoms with Crippen molar-refractivity contribution in [1.82, 2.24) is 25.0 Å². The highest BCUT2D eigenvalue weighted by Gasteiger charge is 2.18. The number of aryl methyl sites for hydroxylation is 1. The Kier molecular flexibility index (Phi) is 5.63. The molecule has 1 fully saturated rings. The summed E-state index contributed by atoms with van der Waals surface area (Å²) in [5.41, 5.74) is 2.43. The van der Waals surface area contributed by atoms with E-state index < -0.39 is 9.84 Å². The monoisotopic (exact) mass is 431 g/mol. The molecule has 1 saturated heterocycles. The van der Waals surface area contributed by atoms with E-state index in [0.29, 0.717) is 34.5 Å². The standard InChI is InChI=1S/C20H25N5O4S/c1-24-18(16-12-14-15(22-16)4-3-5-19(14)30(2,27)28)13-17(23-24)20(26)21-6-7-25-8-10-29-11-9-25/h3-5,12-13,22H,6-11H2,1-2H3,(H,21,26). The number of hydrogen-bond donors (Lipinski definition) is 2. The average Bonchev–Trinajstić information content (AvgIpc) is 3.31. The summed E-state index contributed by atoms with van der Waals surface area (Å²) in [4.78, 5) is 18.3. The molecule has 0 bridgehead atoms. The molecule has 30 heavy (non-hydrogen) atoms. The fourth-order valence-corrected chi connectivity index (χ4v) is 4.56. The zero-order valence-electron chi connectivity index (χ0n) is 17.0. The van der Waals surface area contributed by atoms with Crippen LogP contribution in [0.25, 0.3) is 22.3 Å². The van der Waals surface area contributed by atoms with Crippen molar-refractivity contribution in [1.29, 1.82) is 0 Å². The van der Waals surface area contributed by atoms with Gasteiger partial charge in [0.25, 0.3) is 5.91 Å². The zero-order chi connectivity index (χ0) is 21.3. The molecule has 0 radical (unpaired) electrons. The van der Waals surface area contributed by atoms with Crippen LogP contribution in [0.3, 0.4) is 0 Å². The summed E-state index contributed by atoms with van der Waals surface area (Å²) in [6.07, 6.45) is 1.19. The predicted molar refractivity (Wildman–Crippen MR) is 113 cm³/mol. The maximum Gasteiger partial charge on any atom is 0.271 e. The van der Waals surface area contributed by atoms with Gasteiger partial charge in [-0.15, -0.1) is 0 Å². The Balaban J connectivity index is 1.51. The van der Waals surface area contributed by atoms with E-state index in [9.17, 15) is 13.2 Å². The summed E-state index contributed by atoms with van der Waals surface area (Å²) in [6.45, 7) is 4.50. The summed E-state index contributed by atoms with van der Waals surface area (Å²) in [5, 5.41) is 7.85. The first-order valence-electron chi connectivity index (χ1n) is 9.77. The Morgan fingerprint density at radius 2 is 2.03 bits per heavy atom. The fraction of sp³-hybridized carbons (Fsp3) is 0.400. The minimum Gasteiger partial charge on any atom is -0.379 e. The van der Waals surface area contributed by atoms with Crippen LogP contribution in [-0.2, 0) is 21.6 Å². The maximum atomic E-state index is 12.5. The summed E-state index contributed by atoms with van der Waals surface area (Å²) in [6, 6.07) is 8.60. The van der Waals surface area contributed by atoms with Crippen molar-refractivity contribution in [2.24, 2.45) is 7.05 Å². The Morgan fingerprint density at radius 1 is 1.27 bits per heavy atom. The lowest BCUT2D eigenvalue weighted by atomic mass is 10.2. The van der Waals surface area contributed by atoms with Crippen LogP contribution < -0.4 is 5.32 Å². The molecule has 0 spiro atoms. The molecule has 9 nitrogen and oxygen atoms in total. The lowest BCUT2D eigenvalue weighted by Gasteiger charge is -2.26. The molecule has 1 aromatic carbocycles. The van der Waals surface area contributed by atoms with E-state index in [-0.39, 0.29) is 10.8 Å². The second kappa shape index (κ2) is 8.21. The zero-order valence-corrected chi connectivity index (χ0v) is 17.8. The number of carbonyl (C=O) groups is 1. The second-order valence-corrected chi connectivity index (χ2v) is 9.41. The Labute approximate surface area is 174 Å². The first-order valence-corrected chi connectivity index (χ1v) is 11.7. The Hall–Kier alpha value is -2.69. The molecule has 1 aliphatic heterocycles. The number of amides is 1. The van der Waals surface area contributed by atoms with Crippen molar-refractivity contribution >= 4 is 26.6 Å². The number of sulfone groups is 1. The Bertz CT molecular complexity index is 1180. The number of carbonyl (C=O) groups excluding carboxylic acids is 1. The number of aromatic nitrogens is 3. The van der Waals surface area contributed by atoms with E-state index in [2.05, 4.69) is 20.3 Å². The number of hydrogen-bond acceptors (Lipinski definition) is 6. The highest BCUT2D eigenvalue weighted by molar-refractivity contribution is 7.91. The van der Waals surface area contributed by atoms with Gasteiger partial charge < -0.3 is 15.0 Å². The topological polar surface area (TPSA) is 109 Å². The highest BCUT2D eigenvalue weighted by Crippen LogP contribution is 2.29. The van der Waals surface area contributed by atoms with Crippen molar-refractivity contribution in [2.45, 2.75) is 4.90 Å². The van der Waals surface area contributed by atoms with Crippen LogP contribution in [0.2, 0.25) is 0 Å². The van der Waals surface area contributed by atoms with E-state index >= 15 is 0 Å². The fourth-order valence-electron chi connectivity index (χ4n) is 3.66. The molecule has 2 N–H and O–H groups in total. The lowest BCUT2D eigenvalue weighted by molar-refractivity contribution is 0.0383. The normalized spacial score (nSPS) is 15.5. The molecule has 3 aromatic rings. The van der Waals surface area contributed by atoms with Crippen LogP contribution >= 0.6 is 0 Å². The van der Waals surface area contributed by atoms with Gasteiger partial charge in [-0.2, -0.15) is 5.10 Å². The van der Waals surface area contributed by atoms with Gasteiger partial charge in [-0.1, -0.05) is 6.07 Å². The van der Waals surface area contributed by atoms with E-state index in [1.807, 2.05) is 6.07 Å². The van der Waals surface area contributed by atoms with Gasteiger partial charge in [0.2, 0.25) is 0 Å². The van der Waals surface area contributed by atoms with Gasteiger partial charge in [0, 0.05) is 50.4 Å². The van der Waals surface area contributed by atoms with Gasteiger partial charge in [-0.05, 0) is 24.3 Å². The summed E-state index contributed by atoms with van der Waals surface area (Å²) in [5.74, 6) is -0.238. The third-order valence-electron chi connectivity index (χ3n) is 5.23. The van der Waals surface area contributed by atoms with Crippen LogP contribution in [0.1, 0.15) is 10.5 Å². The number of nitrogens with one attached hydrogen (secondary N) is 2. The lowest BCUT2D eigenvalue weighted by Crippen LogP contribution is -2.41. The number of ether oxygens (including phenoxy) is 1. The minimum atomic E-state index is -3.35. The molecule has 0 saturated carbocycles. The van der Waals surface area contributed by atoms with Gasteiger partial charge in [-0.25, -0.2) is 8.42 Å². The first-order chi connectivity index (χ1) is 14.3. The van der Waals surface area contributed by atoms with Crippen LogP contribution in [0.15, 0.2) is 35.2 Å². The summed E-state index contributed by atoms with van der Waals surface area (Å²) < 4.78 is 31.1. The van der Waals surface area contributed by atoms with Crippen molar-refractivity contribution < 1.29 is 17.9 Å². The molecule has 1 amide bonds. The number of aromatic amines is 1. The predicted octanol–water partition coefficient (Wildman–Crippen LogP) is 1.03. The van der Waals surface area contributed by atoms with Crippen molar-refractivity contribution in [2.75, 3.05) is 45.6 Å². The van der Waals surface area contributed by atoms with Crippen molar-refractivity contribution in [3.05, 3.63) is 36.0 Å². The maximum absolute atomic E-state index is 12.5. The van der Waals surface area contributed by atoms with Gasteiger partial charge in [0.05, 0.1) is 29.5 Å². The molecular formula is C20H25N5O4S. The molecule has 4 rings (SSSR count). The third-order valence-corrected chi connectivity index (χ3v) is 6.38. The van der Waals surface area contributed by atoms with E-state index in [4.69, 9.17) is 4.74 Å². The molecule has 1 aliphatic rings. The quantitative estimate of drug-likeness (QED) is 0.604.